The number of urea groups is 1. The van der Waals surface area contributed by atoms with Gasteiger partial charge >= 0.3 is 6.03 Å². The van der Waals surface area contributed by atoms with Crippen molar-refractivity contribution in [1.29, 1.82) is 0 Å². The van der Waals surface area contributed by atoms with E-state index in [2.05, 4.69) is 17.6 Å². The maximum atomic E-state index is 12.7. The summed E-state index contributed by atoms with van der Waals surface area (Å²) < 4.78 is 5.47. The SMILES string of the molecule is CCCCCC[C@@]1(C)NC(=O)N(CC(=O)Nc2ccccc2OCC)C1=O. The summed E-state index contributed by atoms with van der Waals surface area (Å²) in [5.74, 6) is -0.246. The topological polar surface area (TPSA) is 87.7 Å². The molecule has 1 saturated heterocycles. The molecule has 1 aliphatic rings. The van der Waals surface area contributed by atoms with Crippen molar-refractivity contribution in [1.82, 2.24) is 10.2 Å². The Morgan fingerprint density at radius 3 is 2.63 bits per heavy atom. The summed E-state index contributed by atoms with van der Waals surface area (Å²) in [6, 6.07) is 6.53. The van der Waals surface area contributed by atoms with Gasteiger partial charge in [0.05, 0.1) is 12.3 Å². The van der Waals surface area contributed by atoms with E-state index in [-0.39, 0.29) is 12.5 Å². The number of hydrogen-bond acceptors (Lipinski definition) is 4. The van der Waals surface area contributed by atoms with Gasteiger partial charge in [0.15, 0.2) is 0 Å². The summed E-state index contributed by atoms with van der Waals surface area (Å²) >= 11 is 0. The Balaban J connectivity index is 1.97. The summed E-state index contributed by atoms with van der Waals surface area (Å²) in [5, 5.41) is 5.45. The van der Waals surface area contributed by atoms with Crippen LogP contribution in [0.3, 0.4) is 0 Å². The van der Waals surface area contributed by atoms with E-state index in [0.29, 0.717) is 24.5 Å². The second-order valence-electron chi connectivity index (χ2n) is 6.94. The summed E-state index contributed by atoms with van der Waals surface area (Å²) in [7, 11) is 0. The number of imide groups is 1. The highest BCUT2D eigenvalue weighted by molar-refractivity contribution is 6.10. The average molecular weight is 375 g/mol. The van der Waals surface area contributed by atoms with Crippen LogP contribution >= 0.6 is 0 Å². The third-order valence-electron chi connectivity index (χ3n) is 4.64. The number of unbranched alkanes of at least 4 members (excludes halogenated alkanes) is 3. The number of ether oxygens (including phenoxy) is 1. The molecule has 0 aromatic heterocycles. The molecule has 7 nitrogen and oxygen atoms in total. The highest BCUT2D eigenvalue weighted by Crippen LogP contribution is 2.26. The Labute approximate surface area is 160 Å². The van der Waals surface area contributed by atoms with Crippen LogP contribution in [0.5, 0.6) is 5.75 Å². The van der Waals surface area contributed by atoms with Crippen LogP contribution in [0.1, 0.15) is 52.9 Å². The van der Waals surface area contributed by atoms with Gasteiger partial charge in [-0.15, -0.1) is 0 Å². The van der Waals surface area contributed by atoms with Gasteiger partial charge in [-0.3, -0.25) is 14.5 Å². The zero-order valence-electron chi connectivity index (χ0n) is 16.3. The van der Waals surface area contributed by atoms with Crippen molar-refractivity contribution >= 4 is 23.5 Å². The van der Waals surface area contributed by atoms with Gasteiger partial charge in [-0.05, 0) is 32.4 Å². The maximum absolute atomic E-state index is 12.7. The highest BCUT2D eigenvalue weighted by atomic mass is 16.5. The molecule has 1 fully saturated rings. The van der Waals surface area contributed by atoms with Crippen LogP contribution in [0.2, 0.25) is 0 Å². The number of amides is 4. The Kier molecular flexibility index (Phi) is 7.21. The van der Waals surface area contributed by atoms with Crippen LogP contribution < -0.4 is 15.4 Å². The fourth-order valence-electron chi connectivity index (χ4n) is 3.15. The van der Waals surface area contributed by atoms with Crippen LogP contribution in [0.4, 0.5) is 10.5 Å². The van der Waals surface area contributed by atoms with E-state index < -0.39 is 17.5 Å². The van der Waals surface area contributed by atoms with Gasteiger partial charge in [-0.25, -0.2) is 4.79 Å². The zero-order chi connectivity index (χ0) is 19.9. The molecule has 1 aromatic rings. The molecule has 0 saturated carbocycles. The minimum Gasteiger partial charge on any atom is -0.492 e. The molecular weight excluding hydrogens is 346 g/mol. The Morgan fingerprint density at radius 1 is 1.19 bits per heavy atom. The van der Waals surface area contributed by atoms with E-state index in [9.17, 15) is 14.4 Å². The molecule has 4 amide bonds. The first-order valence-corrected chi connectivity index (χ1v) is 9.57. The predicted molar refractivity (Wildman–Crippen MR) is 104 cm³/mol. The van der Waals surface area contributed by atoms with Crippen LogP contribution in [0.25, 0.3) is 0 Å². The fourth-order valence-corrected chi connectivity index (χ4v) is 3.15. The molecule has 7 heteroatoms. The molecule has 0 spiro atoms. The van der Waals surface area contributed by atoms with Crippen LogP contribution in [0, 0.1) is 0 Å². The lowest BCUT2D eigenvalue weighted by Gasteiger charge is -2.21. The van der Waals surface area contributed by atoms with E-state index in [4.69, 9.17) is 4.74 Å². The van der Waals surface area contributed by atoms with Crippen molar-refractivity contribution in [3.05, 3.63) is 24.3 Å². The highest BCUT2D eigenvalue weighted by Gasteiger charge is 2.47. The molecule has 148 valence electrons. The van der Waals surface area contributed by atoms with Crippen molar-refractivity contribution in [2.75, 3.05) is 18.5 Å². The van der Waals surface area contributed by atoms with Gasteiger partial charge in [0.2, 0.25) is 5.91 Å². The fraction of sp³-hybridized carbons (Fsp3) is 0.550. The van der Waals surface area contributed by atoms with Crippen molar-refractivity contribution in [3.8, 4) is 5.75 Å². The van der Waals surface area contributed by atoms with Crippen LogP contribution in [-0.4, -0.2) is 41.4 Å². The summed E-state index contributed by atoms with van der Waals surface area (Å²) in [4.78, 5) is 38.3. The van der Waals surface area contributed by atoms with E-state index in [0.717, 1.165) is 30.6 Å². The molecule has 1 aromatic carbocycles. The number of nitrogens with zero attached hydrogens (tertiary/aromatic N) is 1. The first-order valence-electron chi connectivity index (χ1n) is 9.57. The third kappa shape index (κ3) is 5.21. The molecule has 1 atom stereocenters. The Hall–Kier alpha value is -2.57. The van der Waals surface area contributed by atoms with Crippen molar-refractivity contribution in [3.63, 3.8) is 0 Å². The predicted octanol–water partition coefficient (Wildman–Crippen LogP) is 3.30. The first kappa shape index (κ1) is 20.7. The van der Waals surface area contributed by atoms with E-state index in [1.165, 1.54) is 0 Å². The summed E-state index contributed by atoms with van der Waals surface area (Å²) in [6.07, 6.45) is 4.65. The van der Waals surface area contributed by atoms with Crippen molar-refractivity contribution in [2.45, 2.75) is 58.4 Å². The number of nitrogens with one attached hydrogen (secondary N) is 2. The second-order valence-corrected chi connectivity index (χ2v) is 6.94. The lowest BCUT2D eigenvalue weighted by Crippen LogP contribution is -2.44. The average Bonchev–Trinajstić information content (AvgIpc) is 2.84. The summed E-state index contributed by atoms with van der Waals surface area (Å²) in [6.45, 7) is 5.84. The number of para-hydroxylation sites is 2. The van der Waals surface area contributed by atoms with Gasteiger partial charge in [0.1, 0.15) is 17.8 Å². The number of carbonyl (C=O) groups is 3. The largest absolute Gasteiger partial charge is 0.492 e. The lowest BCUT2D eigenvalue weighted by molar-refractivity contribution is -0.133. The lowest BCUT2D eigenvalue weighted by atomic mass is 9.94. The molecule has 0 radical (unpaired) electrons. The van der Waals surface area contributed by atoms with Crippen LogP contribution in [0.15, 0.2) is 24.3 Å². The summed E-state index contributed by atoms with van der Waals surface area (Å²) in [5.41, 5.74) is -0.423. The van der Waals surface area contributed by atoms with Crippen molar-refractivity contribution in [2.24, 2.45) is 0 Å². The molecule has 0 unspecified atom stereocenters. The number of hydrogen-bond donors (Lipinski definition) is 2. The standard InChI is InChI=1S/C20H29N3O4/c1-4-6-7-10-13-20(3)18(25)23(19(26)22-20)14-17(24)21-15-11-8-9-12-16(15)27-5-2/h8-9,11-12H,4-7,10,13-14H2,1-3H3,(H,21,24)(H,22,26)/t20-/m1/s1. The number of rotatable bonds is 10. The number of carbonyl (C=O) groups excluding carboxylic acids is 3. The minimum absolute atomic E-state index is 0.324. The number of benzene rings is 1. The normalized spacial score (nSPS) is 19.1. The maximum Gasteiger partial charge on any atom is 0.325 e. The molecule has 27 heavy (non-hydrogen) atoms. The van der Waals surface area contributed by atoms with Crippen molar-refractivity contribution < 1.29 is 19.1 Å². The quantitative estimate of drug-likeness (QED) is 0.485. The Morgan fingerprint density at radius 2 is 1.93 bits per heavy atom. The van der Waals surface area contributed by atoms with Gasteiger partial charge in [0.25, 0.3) is 5.91 Å². The minimum atomic E-state index is -0.936. The van der Waals surface area contributed by atoms with E-state index >= 15 is 0 Å². The molecule has 2 rings (SSSR count). The number of anilines is 1. The Bertz CT molecular complexity index is 692. The zero-order valence-corrected chi connectivity index (χ0v) is 16.3. The van der Waals surface area contributed by atoms with Gasteiger partial charge in [-0.2, -0.15) is 0 Å². The second kappa shape index (κ2) is 9.39. The van der Waals surface area contributed by atoms with E-state index in [1.54, 1.807) is 25.1 Å². The third-order valence-corrected chi connectivity index (χ3v) is 4.64. The molecule has 0 aliphatic carbocycles. The van der Waals surface area contributed by atoms with E-state index in [1.807, 2.05) is 13.0 Å². The van der Waals surface area contributed by atoms with Gasteiger partial charge in [0, 0.05) is 0 Å². The van der Waals surface area contributed by atoms with Crippen LogP contribution in [-0.2, 0) is 9.59 Å². The molecule has 1 heterocycles. The molecule has 0 bridgehead atoms. The molecule has 2 N–H and O–H groups in total. The smallest absolute Gasteiger partial charge is 0.325 e. The van der Waals surface area contributed by atoms with Gasteiger partial charge in [-0.1, -0.05) is 44.7 Å². The molecular formula is C20H29N3O4. The van der Waals surface area contributed by atoms with Gasteiger partial charge < -0.3 is 15.4 Å². The molecule has 1 aliphatic heterocycles. The first-order chi connectivity index (χ1) is 12.9. The monoisotopic (exact) mass is 375 g/mol.